The molecule has 1 unspecified atom stereocenters. The van der Waals surface area contributed by atoms with Crippen molar-refractivity contribution >= 4 is 17.6 Å². The molecule has 0 aromatic heterocycles. The molecule has 0 spiro atoms. The Kier molecular flexibility index (Phi) is 6.03. The number of nitrogens with one attached hydrogen (secondary N) is 1. The van der Waals surface area contributed by atoms with E-state index in [1.807, 2.05) is 0 Å². The van der Waals surface area contributed by atoms with Crippen LogP contribution in [0.2, 0.25) is 0 Å². The highest BCUT2D eigenvalue weighted by Crippen LogP contribution is 2.26. The first-order valence-electron chi connectivity index (χ1n) is 8.67. The van der Waals surface area contributed by atoms with Crippen molar-refractivity contribution in [3.8, 4) is 5.75 Å². The number of amides is 1. The van der Waals surface area contributed by atoms with Crippen LogP contribution in [0.15, 0.2) is 42.5 Å². The van der Waals surface area contributed by atoms with Crippen molar-refractivity contribution in [1.82, 2.24) is 0 Å². The number of anilines is 1. The predicted octanol–water partition coefficient (Wildman–Crippen LogP) is 3.26. The first-order chi connectivity index (χ1) is 13.0. The summed E-state index contributed by atoms with van der Waals surface area (Å²) < 4.78 is 24.8. The van der Waals surface area contributed by atoms with Crippen LogP contribution in [0.5, 0.6) is 5.75 Å². The molecule has 1 atom stereocenters. The van der Waals surface area contributed by atoms with Gasteiger partial charge in [-0.1, -0.05) is 12.1 Å². The zero-order chi connectivity index (χ0) is 19.2. The molecule has 1 heterocycles. The second-order valence-corrected chi connectivity index (χ2v) is 6.31. The third-order valence-electron chi connectivity index (χ3n) is 4.23. The van der Waals surface area contributed by atoms with Crippen LogP contribution < -0.4 is 10.1 Å². The van der Waals surface area contributed by atoms with Crippen molar-refractivity contribution < 1.29 is 28.6 Å². The van der Waals surface area contributed by atoms with Gasteiger partial charge < -0.3 is 19.9 Å². The number of carbonyl (C=O) groups is 2. The van der Waals surface area contributed by atoms with Gasteiger partial charge in [0.05, 0.1) is 23.8 Å². The van der Waals surface area contributed by atoms with E-state index >= 15 is 0 Å². The van der Waals surface area contributed by atoms with Gasteiger partial charge in [0.2, 0.25) is 5.91 Å². The van der Waals surface area contributed by atoms with E-state index in [-0.39, 0.29) is 29.7 Å². The van der Waals surface area contributed by atoms with Gasteiger partial charge in [-0.2, -0.15) is 0 Å². The van der Waals surface area contributed by atoms with Crippen LogP contribution in [0.4, 0.5) is 10.1 Å². The maximum absolute atomic E-state index is 13.6. The molecule has 0 saturated carbocycles. The lowest BCUT2D eigenvalue weighted by molar-refractivity contribution is -0.115. The number of carboxylic acids is 1. The molecule has 1 fully saturated rings. The fraction of sp³-hybridized carbons (Fsp3) is 0.300. The molecule has 1 amide bonds. The Morgan fingerprint density at radius 2 is 2.00 bits per heavy atom. The van der Waals surface area contributed by atoms with E-state index in [4.69, 9.17) is 14.6 Å². The number of benzene rings is 2. The van der Waals surface area contributed by atoms with Gasteiger partial charge in [-0.05, 0) is 42.7 Å². The van der Waals surface area contributed by atoms with Gasteiger partial charge in [-0.25, -0.2) is 9.18 Å². The van der Waals surface area contributed by atoms with E-state index in [0.717, 1.165) is 12.8 Å². The zero-order valence-electron chi connectivity index (χ0n) is 14.6. The van der Waals surface area contributed by atoms with Crippen molar-refractivity contribution in [2.75, 3.05) is 18.5 Å². The van der Waals surface area contributed by atoms with Gasteiger partial charge in [0.1, 0.15) is 18.2 Å². The number of hydrogen-bond donors (Lipinski definition) is 2. The first kappa shape index (κ1) is 18.8. The molecule has 27 heavy (non-hydrogen) atoms. The smallest absolute Gasteiger partial charge is 0.335 e. The van der Waals surface area contributed by atoms with Crippen LogP contribution in [0, 0.1) is 5.82 Å². The Morgan fingerprint density at radius 1 is 1.22 bits per heavy atom. The van der Waals surface area contributed by atoms with E-state index < -0.39 is 11.8 Å². The molecule has 3 rings (SSSR count). The number of ether oxygens (including phenoxy) is 2. The number of halogens is 1. The van der Waals surface area contributed by atoms with Gasteiger partial charge in [-0.15, -0.1) is 0 Å². The molecule has 1 aliphatic heterocycles. The topological polar surface area (TPSA) is 84.9 Å². The minimum Gasteiger partial charge on any atom is -0.489 e. The van der Waals surface area contributed by atoms with Crippen LogP contribution in [0.3, 0.4) is 0 Å². The van der Waals surface area contributed by atoms with E-state index in [1.165, 1.54) is 30.3 Å². The molecule has 7 heteroatoms. The number of carboxylic acid groups (broad SMARTS) is 1. The van der Waals surface area contributed by atoms with Crippen molar-refractivity contribution in [3.05, 3.63) is 59.4 Å². The molecule has 1 aliphatic rings. The van der Waals surface area contributed by atoms with Gasteiger partial charge in [0.15, 0.2) is 0 Å². The molecular formula is C20H20FNO5. The maximum atomic E-state index is 13.6. The van der Waals surface area contributed by atoms with Gasteiger partial charge in [0.25, 0.3) is 0 Å². The van der Waals surface area contributed by atoms with E-state index in [2.05, 4.69) is 5.32 Å². The van der Waals surface area contributed by atoms with Crippen molar-refractivity contribution in [2.45, 2.75) is 25.4 Å². The Morgan fingerprint density at radius 3 is 2.67 bits per heavy atom. The number of rotatable bonds is 7. The standard InChI is InChI=1S/C20H20FNO5/c21-15-7-8-18(27-12-16-2-1-9-26-16)17(11-15)22-19(23)10-13-3-5-14(6-4-13)20(24)25/h3-8,11,16H,1-2,9-10,12H2,(H,22,23)(H,24,25). The Bertz CT molecular complexity index is 816. The van der Waals surface area contributed by atoms with E-state index in [9.17, 15) is 14.0 Å². The normalized spacial score (nSPS) is 16.1. The molecule has 2 N–H and O–H groups in total. The summed E-state index contributed by atoms with van der Waals surface area (Å²) in [6.45, 7) is 1.05. The highest BCUT2D eigenvalue weighted by molar-refractivity contribution is 5.94. The largest absolute Gasteiger partial charge is 0.489 e. The summed E-state index contributed by atoms with van der Waals surface area (Å²) in [6.07, 6.45) is 1.93. The molecule has 0 radical (unpaired) electrons. The highest BCUT2D eigenvalue weighted by Gasteiger charge is 2.17. The first-order valence-corrected chi connectivity index (χ1v) is 8.67. The summed E-state index contributed by atoms with van der Waals surface area (Å²) in [5, 5.41) is 11.6. The maximum Gasteiger partial charge on any atom is 0.335 e. The molecule has 6 nitrogen and oxygen atoms in total. The molecule has 0 bridgehead atoms. The van der Waals surface area contributed by atoms with Crippen molar-refractivity contribution in [1.29, 1.82) is 0 Å². The SMILES string of the molecule is O=C(Cc1ccc(C(=O)O)cc1)Nc1cc(F)ccc1OCC1CCCO1. The number of hydrogen-bond acceptors (Lipinski definition) is 4. The Balaban J connectivity index is 1.63. The predicted molar refractivity (Wildman–Crippen MR) is 96.6 cm³/mol. The summed E-state index contributed by atoms with van der Waals surface area (Å²) in [6, 6.07) is 9.96. The second kappa shape index (κ2) is 8.64. The van der Waals surface area contributed by atoms with Crippen LogP contribution >= 0.6 is 0 Å². The van der Waals surface area contributed by atoms with Crippen LogP contribution in [-0.2, 0) is 16.0 Å². The average Bonchev–Trinajstić information content (AvgIpc) is 3.15. The third-order valence-corrected chi connectivity index (χ3v) is 4.23. The third kappa shape index (κ3) is 5.27. The fourth-order valence-corrected chi connectivity index (χ4v) is 2.83. The minimum absolute atomic E-state index is 0.00588. The average molecular weight is 373 g/mol. The highest BCUT2D eigenvalue weighted by atomic mass is 19.1. The lowest BCUT2D eigenvalue weighted by atomic mass is 10.1. The van der Waals surface area contributed by atoms with Crippen LogP contribution in [0.25, 0.3) is 0 Å². The molecule has 2 aromatic carbocycles. The quantitative estimate of drug-likeness (QED) is 0.778. The van der Waals surface area contributed by atoms with Gasteiger partial charge in [-0.3, -0.25) is 4.79 Å². The summed E-state index contributed by atoms with van der Waals surface area (Å²) >= 11 is 0. The number of aromatic carboxylic acids is 1. The molecule has 1 saturated heterocycles. The summed E-state index contributed by atoms with van der Waals surface area (Å²) in [4.78, 5) is 23.2. The number of carbonyl (C=O) groups excluding carboxylic acids is 1. The lowest BCUT2D eigenvalue weighted by Gasteiger charge is -2.15. The summed E-state index contributed by atoms with van der Waals surface area (Å²) in [5.74, 6) is -1.49. The van der Waals surface area contributed by atoms with Crippen LogP contribution in [0.1, 0.15) is 28.8 Å². The lowest BCUT2D eigenvalue weighted by Crippen LogP contribution is -2.19. The van der Waals surface area contributed by atoms with Crippen molar-refractivity contribution in [2.24, 2.45) is 0 Å². The van der Waals surface area contributed by atoms with Gasteiger partial charge in [0, 0.05) is 12.7 Å². The molecule has 142 valence electrons. The molecule has 0 aliphatic carbocycles. The monoisotopic (exact) mass is 373 g/mol. The molecular weight excluding hydrogens is 353 g/mol. The molecule has 2 aromatic rings. The summed E-state index contributed by atoms with van der Waals surface area (Å²) in [5.41, 5.74) is 1.05. The Hall–Kier alpha value is -2.93. The Labute approximate surface area is 155 Å². The van der Waals surface area contributed by atoms with E-state index in [1.54, 1.807) is 12.1 Å². The van der Waals surface area contributed by atoms with Crippen molar-refractivity contribution in [3.63, 3.8) is 0 Å². The summed E-state index contributed by atoms with van der Waals surface area (Å²) in [7, 11) is 0. The second-order valence-electron chi connectivity index (χ2n) is 6.31. The van der Waals surface area contributed by atoms with Crippen LogP contribution in [-0.4, -0.2) is 36.3 Å². The minimum atomic E-state index is -1.03. The van der Waals surface area contributed by atoms with E-state index in [0.29, 0.717) is 24.5 Å². The van der Waals surface area contributed by atoms with Gasteiger partial charge >= 0.3 is 5.97 Å². The zero-order valence-corrected chi connectivity index (χ0v) is 14.6. The fourth-order valence-electron chi connectivity index (χ4n) is 2.83.